The summed E-state index contributed by atoms with van der Waals surface area (Å²) in [6.45, 7) is 3.81. The predicted molar refractivity (Wildman–Crippen MR) is 123 cm³/mol. The Morgan fingerprint density at radius 1 is 0.645 bits per heavy atom. The van der Waals surface area contributed by atoms with Crippen LogP contribution >= 0.6 is 0 Å². The van der Waals surface area contributed by atoms with Gasteiger partial charge < -0.3 is 13.7 Å². The van der Waals surface area contributed by atoms with Crippen LogP contribution in [0.3, 0.4) is 0 Å². The lowest BCUT2D eigenvalue weighted by Crippen LogP contribution is -2.29. The first-order chi connectivity index (χ1) is 15.1. The molecule has 0 saturated carbocycles. The maximum absolute atomic E-state index is 4.51. The van der Waals surface area contributed by atoms with E-state index in [-0.39, 0.29) is 0 Å². The van der Waals surface area contributed by atoms with Crippen molar-refractivity contribution in [3.05, 3.63) is 54.7 Å². The van der Waals surface area contributed by atoms with Gasteiger partial charge in [-0.25, -0.2) is 15.0 Å². The second-order valence-electron chi connectivity index (χ2n) is 7.15. The van der Waals surface area contributed by atoms with Crippen LogP contribution in [0.25, 0.3) is 0 Å². The highest BCUT2D eigenvalue weighted by atomic mass is 15.1. The van der Waals surface area contributed by atoms with Crippen molar-refractivity contribution in [1.82, 2.24) is 33.6 Å². The van der Waals surface area contributed by atoms with Crippen molar-refractivity contribution in [3.8, 4) is 0 Å². The minimum absolute atomic E-state index is 0.567. The first kappa shape index (κ1) is 22.3. The molecule has 0 N–H and O–H groups in total. The summed E-state index contributed by atoms with van der Waals surface area (Å²) in [4.78, 5) is 28.6. The van der Waals surface area contributed by atoms with Crippen LogP contribution in [0.1, 0.15) is 17.5 Å². The molecule has 3 aromatic rings. The zero-order valence-electron chi connectivity index (χ0n) is 18.4. The van der Waals surface area contributed by atoms with E-state index in [0.717, 1.165) is 17.5 Å². The molecule has 0 bridgehead atoms. The predicted octanol–water partition coefficient (Wildman–Crippen LogP) is 1.30. The molecule has 0 saturated heterocycles. The summed E-state index contributed by atoms with van der Waals surface area (Å²) in [7, 11) is 5.92. The zero-order valence-corrected chi connectivity index (χ0v) is 18.4. The average Bonchev–Trinajstić information content (AvgIpc) is 3.47. The van der Waals surface area contributed by atoms with Crippen LogP contribution in [0.2, 0.25) is 0 Å². The van der Waals surface area contributed by atoms with Crippen molar-refractivity contribution in [2.45, 2.75) is 19.6 Å². The van der Waals surface area contributed by atoms with Gasteiger partial charge in [-0.05, 0) is 0 Å². The second kappa shape index (κ2) is 11.7. The maximum Gasteiger partial charge on any atom is 0.130 e. The van der Waals surface area contributed by atoms with E-state index in [2.05, 4.69) is 34.8 Å². The van der Waals surface area contributed by atoms with E-state index in [1.54, 1.807) is 18.6 Å². The van der Waals surface area contributed by atoms with E-state index in [0.29, 0.717) is 39.3 Å². The normalized spacial score (nSPS) is 12.4. The third kappa shape index (κ3) is 7.10. The summed E-state index contributed by atoms with van der Waals surface area (Å²) >= 11 is 0. The Balaban J connectivity index is 1.51. The minimum Gasteiger partial charge on any atom is -0.336 e. The van der Waals surface area contributed by atoms with Gasteiger partial charge in [-0.3, -0.25) is 19.9 Å². The SMILES string of the molecule is Cn1ccnc1CN=CCN(CC=NCc1nccn1C)CC=NCc1nccn1C. The summed E-state index contributed by atoms with van der Waals surface area (Å²) in [6, 6.07) is 0. The van der Waals surface area contributed by atoms with E-state index in [9.17, 15) is 0 Å². The van der Waals surface area contributed by atoms with Gasteiger partial charge in [-0.2, -0.15) is 0 Å². The molecule has 164 valence electrons. The molecule has 3 aromatic heterocycles. The first-order valence-corrected chi connectivity index (χ1v) is 10.2. The number of aromatic nitrogens is 6. The van der Waals surface area contributed by atoms with Crippen molar-refractivity contribution in [3.63, 3.8) is 0 Å². The minimum atomic E-state index is 0.567. The lowest BCUT2D eigenvalue weighted by Gasteiger charge is -2.15. The van der Waals surface area contributed by atoms with E-state index in [4.69, 9.17) is 0 Å². The number of aliphatic imine (C=N–C) groups is 3. The Morgan fingerprint density at radius 2 is 0.968 bits per heavy atom. The van der Waals surface area contributed by atoms with E-state index < -0.39 is 0 Å². The van der Waals surface area contributed by atoms with Crippen LogP contribution in [0, 0.1) is 0 Å². The Kier molecular flexibility index (Phi) is 8.41. The first-order valence-electron chi connectivity index (χ1n) is 10.2. The number of nitrogens with zero attached hydrogens (tertiary/aromatic N) is 10. The molecule has 3 heterocycles. The highest BCUT2D eigenvalue weighted by molar-refractivity contribution is 5.66. The highest BCUT2D eigenvalue weighted by Gasteiger charge is 2.02. The largest absolute Gasteiger partial charge is 0.336 e. The topological polar surface area (TPSA) is 93.8 Å². The highest BCUT2D eigenvalue weighted by Crippen LogP contribution is 1.98. The monoisotopic (exact) mass is 422 g/mol. The Labute approximate surface area is 182 Å². The third-order valence-electron chi connectivity index (χ3n) is 4.87. The smallest absolute Gasteiger partial charge is 0.130 e. The molecule has 0 radical (unpaired) electrons. The lowest BCUT2D eigenvalue weighted by molar-refractivity contribution is 0.414. The molecule has 0 aliphatic rings. The Hall–Kier alpha value is -3.40. The number of rotatable bonds is 12. The molecule has 0 amide bonds. The molecule has 0 aliphatic carbocycles. The Bertz CT molecular complexity index is 878. The number of aryl methyl sites for hydroxylation is 3. The molecule has 0 unspecified atom stereocenters. The quantitative estimate of drug-likeness (QED) is 0.411. The Morgan fingerprint density at radius 3 is 1.23 bits per heavy atom. The fourth-order valence-electron chi connectivity index (χ4n) is 2.83. The van der Waals surface area contributed by atoms with Crippen molar-refractivity contribution < 1.29 is 0 Å². The second-order valence-corrected chi connectivity index (χ2v) is 7.15. The van der Waals surface area contributed by atoms with Crippen molar-refractivity contribution in [2.75, 3.05) is 19.6 Å². The zero-order chi connectivity index (χ0) is 21.9. The molecule has 0 spiro atoms. The third-order valence-corrected chi connectivity index (χ3v) is 4.87. The number of hydrogen-bond acceptors (Lipinski definition) is 7. The maximum atomic E-state index is 4.51. The molecular weight excluding hydrogens is 392 g/mol. The van der Waals surface area contributed by atoms with Gasteiger partial charge >= 0.3 is 0 Å². The summed E-state index contributed by atoms with van der Waals surface area (Å²) in [6.07, 6.45) is 16.9. The van der Waals surface area contributed by atoms with Gasteiger partial charge in [0.25, 0.3) is 0 Å². The van der Waals surface area contributed by atoms with E-state index in [1.165, 1.54) is 0 Å². The molecule has 31 heavy (non-hydrogen) atoms. The summed E-state index contributed by atoms with van der Waals surface area (Å²) in [5.74, 6) is 2.82. The van der Waals surface area contributed by atoms with Gasteiger partial charge in [0.05, 0.1) is 19.6 Å². The molecule has 0 aliphatic heterocycles. The van der Waals surface area contributed by atoms with Gasteiger partial charge in [0.15, 0.2) is 0 Å². The lowest BCUT2D eigenvalue weighted by atomic mass is 10.4. The number of imidazole rings is 3. The average molecular weight is 423 g/mol. The van der Waals surface area contributed by atoms with Gasteiger partial charge in [-0.1, -0.05) is 0 Å². The summed E-state index contributed by atoms with van der Waals surface area (Å²) in [5.41, 5.74) is 0. The standard InChI is InChI=1S/C21H30N10/c1-28-10-7-25-19(28)16-22-4-13-31(14-5-23-17-20-26-8-11-29(20)2)15-6-24-18-21-27-9-12-30(21)3/h4-12H,13-18H2,1-3H3. The molecule has 0 atom stereocenters. The van der Waals surface area contributed by atoms with E-state index >= 15 is 0 Å². The molecule has 0 fully saturated rings. The summed E-state index contributed by atoms with van der Waals surface area (Å²) in [5, 5.41) is 0. The summed E-state index contributed by atoms with van der Waals surface area (Å²) < 4.78 is 5.93. The van der Waals surface area contributed by atoms with Crippen LogP contribution < -0.4 is 0 Å². The molecular formula is C21H30N10. The van der Waals surface area contributed by atoms with E-state index in [1.807, 2.05) is 72.1 Å². The van der Waals surface area contributed by atoms with Crippen LogP contribution in [0.5, 0.6) is 0 Å². The molecule has 3 rings (SSSR count). The van der Waals surface area contributed by atoms with Crippen molar-refractivity contribution >= 4 is 18.6 Å². The number of hydrogen-bond donors (Lipinski definition) is 0. The van der Waals surface area contributed by atoms with Crippen LogP contribution in [-0.4, -0.2) is 71.8 Å². The van der Waals surface area contributed by atoms with Gasteiger partial charge in [0, 0.05) is 96.6 Å². The van der Waals surface area contributed by atoms with Crippen molar-refractivity contribution in [2.24, 2.45) is 36.1 Å². The van der Waals surface area contributed by atoms with Crippen molar-refractivity contribution in [1.29, 1.82) is 0 Å². The van der Waals surface area contributed by atoms with Crippen LogP contribution in [0.4, 0.5) is 0 Å². The molecule has 10 nitrogen and oxygen atoms in total. The van der Waals surface area contributed by atoms with Gasteiger partial charge in [0.1, 0.15) is 17.5 Å². The molecule has 0 aromatic carbocycles. The fraction of sp³-hybridized carbons (Fsp3) is 0.429. The fourth-order valence-corrected chi connectivity index (χ4v) is 2.83. The van der Waals surface area contributed by atoms with Crippen LogP contribution in [-0.2, 0) is 40.8 Å². The van der Waals surface area contributed by atoms with Gasteiger partial charge in [-0.15, -0.1) is 0 Å². The molecule has 10 heteroatoms. The van der Waals surface area contributed by atoms with Gasteiger partial charge in [0.2, 0.25) is 0 Å². The van der Waals surface area contributed by atoms with Crippen LogP contribution in [0.15, 0.2) is 52.2 Å².